The van der Waals surface area contributed by atoms with E-state index in [0.717, 1.165) is 17.2 Å². The van der Waals surface area contributed by atoms with Crippen molar-refractivity contribution in [2.45, 2.75) is 46.5 Å². The predicted molar refractivity (Wildman–Crippen MR) is 155 cm³/mol. The maximum atomic E-state index is 12.6. The number of fused-ring (bicyclic) bond motifs is 1. The average Bonchev–Trinajstić information content (AvgIpc) is 2.95. The molecule has 9 nitrogen and oxygen atoms in total. The summed E-state index contributed by atoms with van der Waals surface area (Å²) in [5, 5.41) is 12.1. The number of aromatic hydroxyl groups is 1. The summed E-state index contributed by atoms with van der Waals surface area (Å²) in [6, 6.07) is 12.4. The first-order chi connectivity index (χ1) is 19.8. The smallest absolute Gasteiger partial charge is 0.305 e. The fourth-order valence-corrected chi connectivity index (χ4v) is 4.41. The number of esters is 1. The van der Waals surface area contributed by atoms with E-state index in [0.29, 0.717) is 47.8 Å². The van der Waals surface area contributed by atoms with E-state index in [1.165, 1.54) is 21.0 Å². The van der Waals surface area contributed by atoms with Crippen molar-refractivity contribution >= 4 is 28.3 Å². The standard InChI is InChI=1S/C32H38O9/c1-5-7-26-28(14-12-25(21(2)33)32(26)36)40-18-16-38-17-19-41-29-13-10-23-9-11-24(20-27(23)31(29)22(3)34)39-15-6-8-30(35)37-4/h9-14,20,36H,5-8,15-19H2,1-4H3. The second kappa shape index (κ2) is 15.6. The number of benzene rings is 3. The van der Waals surface area contributed by atoms with Crippen molar-refractivity contribution in [2.24, 2.45) is 0 Å². The van der Waals surface area contributed by atoms with Gasteiger partial charge in [-0.25, -0.2) is 0 Å². The molecule has 3 aromatic rings. The minimum atomic E-state index is -0.286. The summed E-state index contributed by atoms with van der Waals surface area (Å²) in [5.41, 5.74) is 1.36. The zero-order valence-electron chi connectivity index (χ0n) is 24.1. The average molecular weight is 567 g/mol. The van der Waals surface area contributed by atoms with Crippen LogP contribution in [0.1, 0.15) is 66.3 Å². The predicted octanol–water partition coefficient (Wildman–Crippen LogP) is 5.71. The molecule has 0 bridgehead atoms. The fourth-order valence-electron chi connectivity index (χ4n) is 4.41. The molecule has 1 N–H and O–H groups in total. The number of rotatable bonds is 17. The number of ketones is 2. The van der Waals surface area contributed by atoms with E-state index in [4.69, 9.17) is 18.9 Å². The van der Waals surface area contributed by atoms with Crippen molar-refractivity contribution < 1.29 is 43.2 Å². The van der Waals surface area contributed by atoms with Crippen LogP contribution in [0, 0.1) is 0 Å². The van der Waals surface area contributed by atoms with Gasteiger partial charge in [-0.15, -0.1) is 0 Å². The van der Waals surface area contributed by atoms with Gasteiger partial charge in [0.15, 0.2) is 11.6 Å². The van der Waals surface area contributed by atoms with Crippen LogP contribution in [0.5, 0.6) is 23.0 Å². The molecule has 0 unspecified atom stereocenters. The van der Waals surface area contributed by atoms with Crippen molar-refractivity contribution in [3.05, 3.63) is 59.2 Å². The van der Waals surface area contributed by atoms with E-state index >= 15 is 0 Å². The number of hydrogen-bond donors (Lipinski definition) is 1. The number of methoxy groups -OCH3 is 1. The third-order valence-electron chi connectivity index (χ3n) is 6.42. The van der Waals surface area contributed by atoms with Crippen LogP contribution in [-0.2, 0) is 20.7 Å². The Balaban J connectivity index is 1.54. The second-order valence-corrected chi connectivity index (χ2v) is 9.46. The summed E-state index contributed by atoms with van der Waals surface area (Å²) < 4.78 is 27.8. The third kappa shape index (κ3) is 8.69. The Hall–Kier alpha value is -4.11. The summed E-state index contributed by atoms with van der Waals surface area (Å²) in [5.74, 6) is 0.934. The van der Waals surface area contributed by atoms with Crippen molar-refractivity contribution in [3.63, 3.8) is 0 Å². The number of Topliss-reactive ketones (excluding diaryl/α,β-unsaturated/α-hetero) is 2. The molecular weight excluding hydrogens is 528 g/mol. The molecule has 0 atom stereocenters. The van der Waals surface area contributed by atoms with Gasteiger partial charge < -0.3 is 28.8 Å². The lowest BCUT2D eigenvalue weighted by molar-refractivity contribution is -0.140. The Bertz CT molecular complexity index is 1360. The van der Waals surface area contributed by atoms with E-state index < -0.39 is 0 Å². The minimum absolute atomic E-state index is 0.0277. The maximum Gasteiger partial charge on any atom is 0.305 e. The fraction of sp³-hybridized carbons (Fsp3) is 0.406. The first-order valence-corrected chi connectivity index (χ1v) is 13.7. The van der Waals surface area contributed by atoms with Gasteiger partial charge in [0.05, 0.1) is 38.1 Å². The zero-order chi connectivity index (χ0) is 29.8. The SMILES string of the molecule is CCCc1c(OCCOCCOc2ccc3ccc(OCCCC(=O)OC)cc3c2C(C)=O)ccc(C(C)=O)c1O. The van der Waals surface area contributed by atoms with Gasteiger partial charge in [-0.3, -0.25) is 14.4 Å². The number of carbonyl (C=O) groups excluding carboxylic acids is 3. The van der Waals surface area contributed by atoms with Gasteiger partial charge in [-0.05, 0) is 67.8 Å². The molecule has 3 rings (SSSR count). The molecule has 0 radical (unpaired) electrons. The molecule has 3 aromatic carbocycles. The first kappa shape index (κ1) is 31.4. The van der Waals surface area contributed by atoms with E-state index in [-0.39, 0.29) is 61.7 Å². The molecule has 0 saturated heterocycles. The summed E-state index contributed by atoms with van der Waals surface area (Å²) >= 11 is 0. The minimum Gasteiger partial charge on any atom is -0.507 e. The Morgan fingerprint density at radius 2 is 1.49 bits per heavy atom. The molecule has 0 aromatic heterocycles. The van der Waals surface area contributed by atoms with Gasteiger partial charge in [0, 0.05) is 12.0 Å². The normalized spacial score (nSPS) is 10.8. The van der Waals surface area contributed by atoms with Crippen LogP contribution >= 0.6 is 0 Å². The van der Waals surface area contributed by atoms with Gasteiger partial charge in [0.2, 0.25) is 0 Å². The summed E-state index contributed by atoms with van der Waals surface area (Å²) in [6.45, 7) is 6.29. The second-order valence-electron chi connectivity index (χ2n) is 9.46. The van der Waals surface area contributed by atoms with Crippen LogP contribution in [0.25, 0.3) is 10.8 Å². The van der Waals surface area contributed by atoms with Gasteiger partial charge in [-0.1, -0.05) is 25.5 Å². The lowest BCUT2D eigenvalue weighted by Gasteiger charge is -2.15. The lowest BCUT2D eigenvalue weighted by atomic mass is 10.0. The number of phenols is 1. The van der Waals surface area contributed by atoms with Crippen LogP contribution in [0.3, 0.4) is 0 Å². The molecule has 0 aliphatic heterocycles. The highest BCUT2D eigenvalue weighted by Crippen LogP contribution is 2.33. The molecule has 0 saturated carbocycles. The highest BCUT2D eigenvalue weighted by atomic mass is 16.5. The maximum absolute atomic E-state index is 12.6. The van der Waals surface area contributed by atoms with Crippen LogP contribution in [0.15, 0.2) is 42.5 Å². The number of phenolic OH excluding ortho intramolecular Hbond substituents is 1. The van der Waals surface area contributed by atoms with E-state index in [2.05, 4.69) is 4.74 Å². The van der Waals surface area contributed by atoms with Crippen LogP contribution < -0.4 is 14.2 Å². The van der Waals surface area contributed by atoms with Gasteiger partial charge >= 0.3 is 5.97 Å². The molecule has 0 aliphatic rings. The highest BCUT2D eigenvalue weighted by molar-refractivity contribution is 6.09. The summed E-state index contributed by atoms with van der Waals surface area (Å²) in [4.78, 5) is 35.6. The highest BCUT2D eigenvalue weighted by Gasteiger charge is 2.17. The first-order valence-electron chi connectivity index (χ1n) is 13.7. The molecule has 0 amide bonds. The zero-order valence-corrected chi connectivity index (χ0v) is 24.1. The Morgan fingerprint density at radius 3 is 2.15 bits per heavy atom. The molecule has 9 heteroatoms. The number of hydrogen-bond acceptors (Lipinski definition) is 9. The van der Waals surface area contributed by atoms with Gasteiger partial charge in [0.25, 0.3) is 0 Å². The number of ether oxygens (including phenoxy) is 5. The molecule has 0 heterocycles. The largest absolute Gasteiger partial charge is 0.507 e. The van der Waals surface area contributed by atoms with E-state index in [1.807, 2.05) is 25.1 Å². The molecule has 220 valence electrons. The van der Waals surface area contributed by atoms with E-state index in [9.17, 15) is 19.5 Å². The molecule has 0 fully saturated rings. The van der Waals surface area contributed by atoms with Crippen molar-refractivity contribution in [2.75, 3.05) is 40.1 Å². The lowest BCUT2D eigenvalue weighted by Crippen LogP contribution is -2.13. The summed E-state index contributed by atoms with van der Waals surface area (Å²) in [6.07, 6.45) is 2.17. The van der Waals surface area contributed by atoms with Crippen molar-refractivity contribution in [1.29, 1.82) is 0 Å². The van der Waals surface area contributed by atoms with Gasteiger partial charge in [0.1, 0.15) is 36.2 Å². The van der Waals surface area contributed by atoms with Crippen LogP contribution in [-0.4, -0.2) is 62.8 Å². The topological polar surface area (TPSA) is 118 Å². The van der Waals surface area contributed by atoms with Crippen LogP contribution in [0.4, 0.5) is 0 Å². The van der Waals surface area contributed by atoms with Crippen molar-refractivity contribution in [1.82, 2.24) is 0 Å². The molecule has 0 spiro atoms. The monoisotopic (exact) mass is 566 g/mol. The Kier molecular flexibility index (Phi) is 12.0. The third-order valence-corrected chi connectivity index (χ3v) is 6.42. The quantitative estimate of drug-likeness (QED) is 0.125. The molecule has 41 heavy (non-hydrogen) atoms. The Labute approximate surface area is 240 Å². The molecule has 0 aliphatic carbocycles. The molecular formula is C32H38O9. The Morgan fingerprint density at radius 1 is 0.805 bits per heavy atom. The van der Waals surface area contributed by atoms with Crippen molar-refractivity contribution in [3.8, 4) is 23.0 Å². The van der Waals surface area contributed by atoms with Crippen LogP contribution in [0.2, 0.25) is 0 Å². The van der Waals surface area contributed by atoms with E-state index in [1.54, 1.807) is 24.3 Å². The summed E-state index contributed by atoms with van der Waals surface area (Å²) in [7, 11) is 1.35. The number of carbonyl (C=O) groups is 3. The van der Waals surface area contributed by atoms with Gasteiger partial charge in [-0.2, -0.15) is 0 Å².